The van der Waals surface area contributed by atoms with Crippen molar-refractivity contribution in [3.63, 3.8) is 0 Å². The number of hydrogen-bond donors (Lipinski definition) is 2. The molecule has 4 heteroatoms. The van der Waals surface area contributed by atoms with Crippen LogP contribution in [0.4, 0.5) is 11.4 Å². The molecule has 0 amide bonds. The summed E-state index contributed by atoms with van der Waals surface area (Å²) < 4.78 is 0. The van der Waals surface area contributed by atoms with Gasteiger partial charge in [-0.25, -0.2) is 0 Å². The van der Waals surface area contributed by atoms with Crippen LogP contribution in [0.3, 0.4) is 0 Å². The Balaban J connectivity index is 1.99. The lowest BCUT2D eigenvalue weighted by atomic mass is 9.92. The molecule has 2 nitrogen and oxygen atoms in total. The minimum Gasteiger partial charge on any atom is -0.398 e. The lowest BCUT2D eigenvalue weighted by molar-refractivity contribution is 1.12. The van der Waals surface area contributed by atoms with Gasteiger partial charge in [-0.2, -0.15) is 0 Å². The molecule has 0 saturated heterocycles. The second-order valence-corrected chi connectivity index (χ2v) is 7.13. The largest absolute Gasteiger partial charge is 0.398 e. The highest BCUT2D eigenvalue weighted by atomic mass is 35.5. The lowest BCUT2D eigenvalue weighted by Crippen LogP contribution is -2.07. The highest BCUT2D eigenvalue weighted by Crippen LogP contribution is 2.31. The van der Waals surface area contributed by atoms with Gasteiger partial charge in [0.1, 0.15) is 0 Å². The fourth-order valence-corrected chi connectivity index (χ4v) is 3.46. The van der Waals surface area contributed by atoms with Crippen LogP contribution in [0.1, 0.15) is 27.8 Å². The van der Waals surface area contributed by atoms with Gasteiger partial charge in [-0.1, -0.05) is 47.5 Å². The van der Waals surface area contributed by atoms with Gasteiger partial charge in [-0.15, -0.1) is 0 Å². The summed E-state index contributed by atoms with van der Waals surface area (Å²) in [7, 11) is 0. The Morgan fingerprint density at radius 1 is 0.800 bits per heavy atom. The van der Waals surface area contributed by atoms with Crippen molar-refractivity contribution in [1.82, 2.24) is 0 Å². The average Bonchev–Trinajstić information content (AvgIpc) is 2.57. The Hall–Kier alpha value is -2.16. The van der Waals surface area contributed by atoms with E-state index in [1.165, 1.54) is 0 Å². The first-order valence-electron chi connectivity index (χ1n) is 8.09. The molecule has 0 heterocycles. The summed E-state index contributed by atoms with van der Waals surface area (Å²) in [4.78, 5) is 0. The Kier molecular flexibility index (Phi) is 5.22. The molecule has 0 aliphatic heterocycles. The Labute approximate surface area is 158 Å². The molecule has 0 fully saturated rings. The van der Waals surface area contributed by atoms with Crippen molar-refractivity contribution in [2.45, 2.75) is 19.8 Å². The SMILES string of the molecule is Cc1c(N)cc(Cc2cccc(Cl)c2)c(N)c1Cc1cccc(Cl)c1. The maximum Gasteiger partial charge on any atom is 0.0408 e. The molecule has 0 aromatic heterocycles. The molecular weight excluding hydrogens is 351 g/mol. The minimum absolute atomic E-state index is 0.694. The molecule has 3 aromatic carbocycles. The summed E-state index contributed by atoms with van der Waals surface area (Å²) in [6.45, 7) is 2.01. The van der Waals surface area contributed by atoms with Crippen LogP contribution < -0.4 is 11.5 Å². The van der Waals surface area contributed by atoms with E-state index >= 15 is 0 Å². The van der Waals surface area contributed by atoms with Crippen molar-refractivity contribution in [3.05, 3.63) is 92.5 Å². The van der Waals surface area contributed by atoms with E-state index in [2.05, 4.69) is 0 Å². The van der Waals surface area contributed by atoms with Crippen LogP contribution >= 0.6 is 23.2 Å². The van der Waals surface area contributed by atoms with E-state index in [1.807, 2.05) is 61.5 Å². The van der Waals surface area contributed by atoms with Crippen LogP contribution in [-0.2, 0) is 12.8 Å². The molecule has 0 aliphatic carbocycles. The fourth-order valence-electron chi connectivity index (χ4n) is 3.04. The molecule has 0 aliphatic rings. The molecule has 0 saturated carbocycles. The molecule has 0 atom stereocenters. The van der Waals surface area contributed by atoms with Gasteiger partial charge in [0.15, 0.2) is 0 Å². The third-order valence-corrected chi connectivity index (χ3v) is 4.91. The lowest BCUT2D eigenvalue weighted by Gasteiger charge is -2.17. The predicted octanol–water partition coefficient (Wildman–Crippen LogP) is 5.65. The number of nitrogen functional groups attached to an aromatic ring is 2. The fraction of sp³-hybridized carbons (Fsp3) is 0.143. The third-order valence-electron chi connectivity index (χ3n) is 4.44. The van der Waals surface area contributed by atoms with Gasteiger partial charge in [0.2, 0.25) is 0 Å². The topological polar surface area (TPSA) is 52.0 Å². The van der Waals surface area contributed by atoms with Crippen molar-refractivity contribution < 1.29 is 0 Å². The zero-order valence-electron chi connectivity index (χ0n) is 14.0. The van der Waals surface area contributed by atoms with Crippen LogP contribution in [-0.4, -0.2) is 0 Å². The molecule has 0 radical (unpaired) electrons. The van der Waals surface area contributed by atoms with Crippen LogP contribution in [0.5, 0.6) is 0 Å². The maximum absolute atomic E-state index is 6.50. The first kappa shape index (κ1) is 17.7. The Morgan fingerprint density at radius 3 is 1.92 bits per heavy atom. The van der Waals surface area contributed by atoms with E-state index in [0.717, 1.165) is 49.2 Å². The summed E-state index contributed by atoms with van der Waals surface area (Å²) in [5.74, 6) is 0. The van der Waals surface area contributed by atoms with E-state index in [0.29, 0.717) is 12.8 Å². The second-order valence-electron chi connectivity index (χ2n) is 6.26. The third kappa shape index (κ3) is 4.09. The highest BCUT2D eigenvalue weighted by Gasteiger charge is 2.13. The summed E-state index contributed by atoms with van der Waals surface area (Å²) in [6.07, 6.45) is 1.39. The van der Waals surface area contributed by atoms with Crippen molar-refractivity contribution in [2.75, 3.05) is 11.5 Å². The quantitative estimate of drug-likeness (QED) is 0.583. The van der Waals surface area contributed by atoms with Gasteiger partial charge in [0.25, 0.3) is 0 Å². The Bertz CT molecular complexity index is 920. The molecule has 0 unspecified atom stereocenters. The summed E-state index contributed by atoms with van der Waals surface area (Å²) >= 11 is 12.2. The number of nitrogens with two attached hydrogens (primary N) is 2. The number of hydrogen-bond acceptors (Lipinski definition) is 2. The Morgan fingerprint density at radius 2 is 1.36 bits per heavy atom. The number of anilines is 2. The highest BCUT2D eigenvalue weighted by molar-refractivity contribution is 6.30. The van der Waals surface area contributed by atoms with E-state index in [-0.39, 0.29) is 0 Å². The molecule has 3 aromatic rings. The van der Waals surface area contributed by atoms with Gasteiger partial charge in [-0.3, -0.25) is 0 Å². The van der Waals surface area contributed by atoms with Gasteiger partial charge in [-0.05, 0) is 77.9 Å². The predicted molar refractivity (Wildman–Crippen MR) is 109 cm³/mol. The average molecular weight is 371 g/mol. The van der Waals surface area contributed by atoms with Crippen LogP contribution in [0.2, 0.25) is 10.0 Å². The molecule has 3 rings (SSSR count). The maximum atomic E-state index is 6.50. The van der Waals surface area contributed by atoms with Crippen molar-refractivity contribution in [3.8, 4) is 0 Å². The molecule has 0 spiro atoms. The van der Waals surface area contributed by atoms with E-state index in [1.54, 1.807) is 0 Å². The summed E-state index contributed by atoms with van der Waals surface area (Å²) in [5.41, 5.74) is 19.6. The number of benzene rings is 3. The molecule has 128 valence electrons. The van der Waals surface area contributed by atoms with Gasteiger partial charge >= 0.3 is 0 Å². The van der Waals surface area contributed by atoms with Crippen molar-refractivity contribution in [2.24, 2.45) is 0 Å². The van der Waals surface area contributed by atoms with Crippen LogP contribution in [0.25, 0.3) is 0 Å². The summed E-state index contributed by atoms with van der Waals surface area (Å²) in [5, 5.41) is 1.44. The van der Waals surface area contributed by atoms with Crippen LogP contribution in [0.15, 0.2) is 54.6 Å². The number of rotatable bonds is 4. The van der Waals surface area contributed by atoms with Crippen molar-refractivity contribution in [1.29, 1.82) is 0 Å². The smallest absolute Gasteiger partial charge is 0.0408 e. The normalized spacial score (nSPS) is 10.8. The molecule has 25 heavy (non-hydrogen) atoms. The van der Waals surface area contributed by atoms with Gasteiger partial charge < -0.3 is 11.5 Å². The van der Waals surface area contributed by atoms with Crippen LogP contribution in [0, 0.1) is 6.92 Å². The molecule has 0 bridgehead atoms. The van der Waals surface area contributed by atoms with E-state index in [4.69, 9.17) is 34.7 Å². The zero-order valence-corrected chi connectivity index (χ0v) is 15.5. The standard InChI is InChI=1S/C21H20Cl2N2/c1-13-19(11-15-5-3-7-18(23)10-15)21(25)16(12-20(13)24)8-14-4-2-6-17(22)9-14/h2-7,9-10,12H,8,11,24-25H2,1H3. The van der Waals surface area contributed by atoms with Crippen molar-refractivity contribution >= 4 is 34.6 Å². The molecule has 4 N–H and O–H groups in total. The minimum atomic E-state index is 0.694. The summed E-state index contributed by atoms with van der Waals surface area (Å²) in [6, 6.07) is 17.6. The van der Waals surface area contributed by atoms with E-state index in [9.17, 15) is 0 Å². The monoisotopic (exact) mass is 370 g/mol. The van der Waals surface area contributed by atoms with E-state index < -0.39 is 0 Å². The first-order chi connectivity index (χ1) is 11.9. The zero-order chi connectivity index (χ0) is 18.0. The second kappa shape index (κ2) is 7.38. The van der Waals surface area contributed by atoms with Gasteiger partial charge in [0, 0.05) is 21.4 Å². The number of halogens is 2. The first-order valence-corrected chi connectivity index (χ1v) is 8.85. The molecular formula is C21H20Cl2N2. The van der Waals surface area contributed by atoms with Gasteiger partial charge in [0.05, 0.1) is 0 Å².